The summed E-state index contributed by atoms with van der Waals surface area (Å²) >= 11 is 5.87. The molecule has 0 atom stereocenters. The second kappa shape index (κ2) is 8.05. The highest BCUT2D eigenvalue weighted by molar-refractivity contribution is 7.71. The van der Waals surface area contributed by atoms with E-state index >= 15 is 0 Å². The fraction of sp³-hybridized carbons (Fsp3) is 0.800. The van der Waals surface area contributed by atoms with Crippen molar-refractivity contribution in [1.82, 2.24) is 24.3 Å². The average molecular weight is 392 g/mol. The molecule has 2 heterocycles. The van der Waals surface area contributed by atoms with E-state index in [0.29, 0.717) is 18.6 Å². The van der Waals surface area contributed by atoms with Crippen molar-refractivity contribution in [3.63, 3.8) is 0 Å². The van der Waals surface area contributed by atoms with Crippen LogP contribution in [-0.4, -0.2) is 63.6 Å². The molecule has 150 valence electrons. The van der Waals surface area contributed by atoms with Crippen LogP contribution in [-0.2, 0) is 11.5 Å². The Morgan fingerprint density at radius 1 is 1.00 bits per heavy atom. The highest BCUT2D eigenvalue weighted by Crippen LogP contribution is 2.32. The normalized spacial score (nSPS) is 22.4. The van der Waals surface area contributed by atoms with Gasteiger partial charge in [0.2, 0.25) is 5.91 Å². The molecule has 2 aliphatic carbocycles. The van der Waals surface area contributed by atoms with Gasteiger partial charge in [0.25, 0.3) is 0 Å². The number of nitrogens with zero attached hydrogens (tertiary/aromatic N) is 4. The summed E-state index contributed by atoms with van der Waals surface area (Å²) in [6.45, 7) is 9.72. The topological polar surface area (TPSA) is 45.4 Å². The van der Waals surface area contributed by atoms with Crippen molar-refractivity contribution in [2.24, 2.45) is 0 Å². The number of aromatic nitrogens is 2. The van der Waals surface area contributed by atoms with Gasteiger partial charge < -0.3 is 14.5 Å². The molecular formula is C20H33N5OS. The number of piperazine rings is 1. The van der Waals surface area contributed by atoms with Crippen molar-refractivity contribution in [3.8, 4) is 0 Å². The summed E-state index contributed by atoms with van der Waals surface area (Å²) in [5.74, 6) is 0.188. The van der Waals surface area contributed by atoms with Gasteiger partial charge in [-0.1, -0.05) is 12.8 Å². The molecule has 3 fully saturated rings. The average Bonchev–Trinajstić information content (AvgIpc) is 3.24. The number of hydrogen-bond donors (Lipinski definition) is 1. The van der Waals surface area contributed by atoms with Crippen LogP contribution in [0.2, 0.25) is 0 Å². The smallest absolute Gasteiger partial charge is 0.234 e. The van der Waals surface area contributed by atoms with Crippen molar-refractivity contribution in [2.75, 3.05) is 32.7 Å². The lowest BCUT2D eigenvalue weighted by atomic mass is 10.2. The predicted octanol–water partition coefficient (Wildman–Crippen LogP) is 2.60. The third kappa shape index (κ3) is 4.30. The van der Waals surface area contributed by atoms with E-state index in [4.69, 9.17) is 12.2 Å². The molecule has 7 heteroatoms. The zero-order valence-corrected chi connectivity index (χ0v) is 17.6. The van der Waals surface area contributed by atoms with Crippen molar-refractivity contribution in [2.45, 2.75) is 71.1 Å². The van der Waals surface area contributed by atoms with Crippen LogP contribution in [0.1, 0.15) is 56.0 Å². The number of hydrogen-bond acceptors (Lipinski definition) is 4. The lowest BCUT2D eigenvalue weighted by Crippen LogP contribution is -2.49. The Labute approximate surface area is 167 Å². The standard InChI is InChI=1S/C20H33N5OS/c1-15-16(2)25(18-5-3-4-6-18)20(27)24(15)14-23-11-9-22(10-12-23)13-19(26)21-17-7-8-17/h17-18H,3-14H2,1-2H3,(H,21,26). The Morgan fingerprint density at radius 2 is 1.63 bits per heavy atom. The zero-order chi connectivity index (χ0) is 19.0. The quantitative estimate of drug-likeness (QED) is 0.757. The van der Waals surface area contributed by atoms with E-state index in [9.17, 15) is 4.79 Å². The van der Waals surface area contributed by atoms with E-state index in [-0.39, 0.29) is 5.91 Å². The molecule has 6 nitrogen and oxygen atoms in total. The third-order valence-corrected chi connectivity index (χ3v) is 6.95. The molecule has 1 aromatic heterocycles. The molecule has 1 amide bonds. The van der Waals surface area contributed by atoms with Gasteiger partial charge in [0.05, 0.1) is 13.2 Å². The Bertz CT molecular complexity index is 736. The number of amides is 1. The molecule has 1 saturated heterocycles. The van der Waals surface area contributed by atoms with Crippen LogP contribution < -0.4 is 5.32 Å². The molecule has 0 unspecified atom stereocenters. The van der Waals surface area contributed by atoms with Gasteiger partial charge in [-0.25, -0.2) is 0 Å². The fourth-order valence-corrected chi connectivity index (χ4v) is 5.02. The van der Waals surface area contributed by atoms with Crippen LogP contribution in [0, 0.1) is 18.6 Å². The number of nitrogens with one attached hydrogen (secondary N) is 1. The highest BCUT2D eigenvalue weighted by atomic mass is 32.1. The largest absolute Gasteiger partial charge is 0.352 e. The third-order valence-electron chi connectivity index (χ3n) is 6.53. The first-order valence-corrected chi connectivity index (χ1v) is 11.0. The number of rotatable bonds is 6. The maximum atomic E-state index is 12.0. The molecule has 0 aromatic carbocycles. The summed E-state index contributed by atoms with van der Waals surface area (Å²) in [4.78, 5) is 16.7. The Hall–Kier alpha value is -1.18. The van der Waals surface area contributed by atoms with Gasteiger partial charge >= 0.3 is 0 Å². The Kier molecular flexibility index (Phi) is 5.71. The van der Waals surface area contributed by atoms with Gasteiger partial charge in [-0.05, 0) is 51.7 Å². The van der Waals surface area contributed by atoms with Crippen LogP contribution >= 0.6 is 12.2 Å². The lowest BCUT2D eigenvalue weighted by Gasteiger charge is -2.34. The van der Waals surface area contributed by atoms with Crippen LogP contribution in [0.15, 0.2) is 0 Å². The van der Waals surface area contributed by atoms with Crippen LogP contribution in [0.4, 0.5) is 0 Å². The van der Waals surface area contributed by atoms with Gasteiger partial charge in [0, 0.05) is 49.7 Å². The molecule has 1 aromatic rings. The van der Waals surface area contributed by atoms with E-state index in [1.807, 2.05) is 0 Å². The van der Waals surface area contributed by atoms with E-state index in [2.05, 4.69) is 38.1 Å². The van der Waals surface area contributed by atoms with Gasteiger partial charge in [0.1, 0.15) is 0 Å². The molecule has 1 N–H and O–H groups in total. The van der Waals surface area contributed by atoms with E-state index in [0.717, 1.165) is 50.5 Å². The number of carbonyl (C=O) groups is 1. The molecular weight excluding hydrogens is 358 g/mol. The molecule has 4 rings (SSSR count). The summed E-state index contributed by atoms with van der Waals surface area (Å²) in [5.41, 5.74) is 2.64. The molecule has 0 bridgehead atoms. The summed E-state index contributed by atoms with van der Waals surface area (Å²) in [6, 6.07) is 1.05. The summed E-state index contributed by atoms with van der Waals surface area (Å²) in [6.07, 6.45) is 7.48. The van der Waals surface area contributed by atoms with Gasteiger partial charge in [0.15, 0.2) is 4.77 Å². The highest BCUT2D eigenvalue weighted by Gasteiger charge is 2.26. The predicted molar refractivity (Wildman–Crippen MR) is 109 cm³/mol. The lowest BCUT2D eigenvalue weighted by molar-refractivity contribution is -0.122. The second-order valence-electron chi connectivity index (χ2n) is 8.57. The van der Waals surface area contributed by atoms with Crippen molar-refractivity contribution in [3.05, 3.63) is 16.2 Å². The van der Waals surface area contributed by atoms with Crippen LogP contribution in [0.5, 0.6) is 0 Å². The first-order valence-electron chi connectivity index (χ1n) is 10.5. The van der Waals surface area contributed by atoms with E-state index in [1.54, 1.807) is 0 Å². The van der Waals surface area contributed by atoms with Crippen molar-refractivity contribution in [1.29, 1.82) is 0 Å². The fourth-order valence-electron chi connectivity index (χ4n) is 4.54. The number of carbonyl (C=O) groups excluding carboxylic acids is 1. The maximum Gasteiger partial charge on any atom is 0.234 e. The Balaban J connectivity index is 1.34. The first kappa shape index (κ1) is 19.2. The first-order chi connectivity index (χ1) is 13.0. The molecule has 0 radical (unpaired) electrons. The van der Waals surface area contributed by atoms with Crippen molar-refractivity contribution >= 4 is 18.1 Å². The van der Waals surface area contributed by atoms with Crippen molar-refractivity contribution < 1.29 is 4.79 Å². The van der Waals surface area contributed by atoms with Gasteiger partial charge in [-0.3, -0.25) is 14.6 Å². The van der Waals surface area contributed by atoms with Crippen LogP contribution in [0.25, 0.3) is 0 Å². The zero-order valence-electron chi connectivity index (χ0n) is 16.7. The van der Waals surface area contributed by atoms with E-state index in [1.165, 1.54) is 37.1 Å². The van der Waals surface area contributed by atoms with Gasteiger partial charge in [-0.2, -0.15) is 0 Å². The van der Waals surface area contributed by atoms with Gasteiger partial charge in [-0.15, -0.1) is 0 Å². The van der Waals surface area contributed by atoms with E-state index < -0.39 is 0 Å². The summed E-state index contributed by atoms with van der Waals surface area (Å²) in [7, 11) is 0. The number of imidazole rings is 1. The molecule has 27 heavy (non-hydrogen) atoms. The summed E-state index contributed by atoms with van der Waals surface area (Å²) < 4.78 is 5.72. The minimum absolute atomic E-state index is 0.188. The molecule has 2 saturated carbocycles. The monoisotopic (exact) mass is 391 g/mol. The minimum Gasteiger partial charge on any atom is -0.352 e. The second-order valence-corrected chi connectivity index (χ2v) is 8.93. The molecule has 1 aliphatic heterocycles. The molecule has 3 aliphatic rings. The Morgan fingerprint density at radius 3 is 2.26 bits per heavy atom. The summed E-state index contributed by atoms with van der Waals surface area (Å²) in [5, 5.41) is 3.09. The molecule has 0 spiro atoms. The van der Waals surface area contributed by atoms with Crippen LogP contribution in [0.3, 0.4) is 0 Å². The SMILES string of the molecule is Cc1c(C)n(C2CCCC2)c(=S)n1CN1CCN(CC(=O)NC2CC2)CC1. The maximum absolute atomic E-state index is 12.0. The minimum atomic E-state index is 0.188.